The number of ketones is 1. The van der Waals surface area contributed by atoms with Crippen LogP contribution in [0.25, 0.3) is 0 Å². The minimum atomic E-state index is -1.19. The Labute approximate surface area is 151 Å². The van der Waals surface area contributed by atoms with Crippen molar-refractivity contribution in [1.82, 2.24) is 10.6 Å². The molecular formula is C15H24N2O7S. The molecule has 0 unspecified atom stereocenters. The topological polar surface area (TPSA) is 139 Å². The first-order valence-corrected chi connectivity index (χ1v) is 8.40. The van der Waals surface area contributed by atoms with Gasteiger partial charge < -0.3 is 20.5 Å². The maximum atomic E-state index is 12.0. The van der Waals surface area contributed by atoms with Crippen LogP contribution in [0.15, 0.2) is 0 Å². The van der Waals surface area contributed by atoms with E-state index in [1.54, 1.807) is 6.92 Å². The molecule has 142 valence electrons. The number of Topliss-reactive ketones (excluding diaryl/α,β-unsaturated/α-hetero) is 1. The van der Waals surface area contributed by atoms with Crippen molar-refractivity contribution in [3.05, 3.63) is 0 Å². The third-order valence-electron chi connectivity index (χ3n) is 3.14. The van der Waals surface area contributed by atoms with Gasteiger partial charge in [-0.05, 0) is 13.3 Å². The van der Waals surface area contributed by atoms with Crippen LogP contribution in [0.4, 0.5) is 0 Å². The van der Waals surface area contributed by atoms with Crippen LogP contribution in [0.3, 0.4) is 0 Å². The van der Waals surface area contributed by atoms with Crippen LogP contribution in [0.5, 0.6) is 0 Å². The molecular weight excluding hydrogens is 352 g/mol. The average molecular weight is 376 g/mol. The third-order valence-corrected chi connectivity index (χ3v) is 3.58. The summed E-state index contributed by atoms with van der Waals surface area (Å²) in [4.78, 5) is 57.1. The summed E-state index contributed by atoms with van der Waals surface area (Å²) >= 11 is 4.00. The van der Waals surface area contributed by atoms with Crippen molar-refractivity contribution in [3.8, 4) is 0 Å². The van der Waals surface area contributed by atoms with E-state index in [9.17, 15) is 24.0 Å². The van der Waals surface area contributed by atoms with E-state index in [0.717, 1.165) is 0 Å². The number of carboxylic acid groups (broad SMARTS) is 1. The minimum Gasteiger partial charge on any atom is -0.480 e. The summed E-state index contributed by atoms with van der Waals surface area (Å²) in [5.74, 6) is -3.81. The molecule has 0 aliphatic heterocycles. The van der Waals surface area contributed by atoms with Gasteiger partial charge in [0.05, 0.1) is 12.5 Å². The minimum absolute atomic E-state index is 0.0414. The molecule has 25 heavy (non-hydrogen) atoms. The maximum absolute atomic E-state index is 12.0. The Hall–Kier alpha value is -2.10. The zero-order valence-electron chi connectivity index (χ0n) is 14.2. The molecule has 0 aromatic heterocycles. The molecule has 0 spiro atoms. The number of carboxylic acids is 1. The van der Waals surface area contributed by atoms with Crippen LogP contribution < -0.4 is 10.6 Å². The van der Waals surface area contributed by atoms with Crippen molar-refractivity contribution >= 4 is 42.2 Å². The molecule has 0 aliphatic carbocycles. The van der Waals surface area contributed by atoms with E-state index < -0.39 is 42.3 Å². The van der Waals surface area contributed by atoms with Crippen LogP contribution in [0, 0.1) is 5.92 Å². The lowest BCUT2D eigenvalue weighted by Gasteiger charge is -2.17. The number of carbonyl (C=O) groups excluding carboxylic acids is 4. The summed E-state index contributed by atoms with van der Waals surface area (Å²) in [6.07, 6.45) is -0.127. The number of rotatable bonds is 12. The first kappa shape index (κ1) is 22.9. The molecule has 0 aliphatic rings. The Morgan fingerprint density at radius 1 is 1.20 bits per heavy atom. The predicted molar refractivity (Wildman–Crippen MR) is 91.1 cm³/mol. The number of amides is 2. The van der Waals surface area contributed by atoms with Crippen molar-refractivity contribution in [2.45, 2.75) is 39.2 Å². The lowest BCUT2D eigenvalue weighted by Crippen LogP contribution is -2.41. The van der Waals surface area contributed by atoms with E-state index in [1.807, 2.05) is 0 Å². The molecule has 0 fully saturated rings. The molecule has 0 saturated heterocycles. The molecule has 2 amide bonds. The Kier molecular flexibility index (Phi) is 11.3. The Morgan fingerprint density at radius 2 is 1.84 bits per heavy atom. The number of nitrogens with one attached hydrogen (secondary N) is 2. The van der Waals surface area contributed by atoms with Gasteiger partial charge in [-0.1, -0.05) is 0 Å². The molecule has 0 radical (unpaired) electrons. The number of carbonyl (C=O) groups is 5. The second-order valence-electron chi connectivity index (χ2n) is 5.28. The SMILES string of the molecule is CCOC(=O)[C@@H](CCC(=O)C[C@@H](CS)C(=O)NCC(=O)O)NC(C)=O. The van der Waals surface area contributed by atoms with Gasteiger partial charge in [0.1, 0.15) is 18.4 Å². The fraction of sp³-hybridized carbons (Fsp3) is 0.667. The zero-order chi connectivity index (χ0) is 19.4. The van der Waals surface area contributed by atoms with E-state index >= 15 is 0 Å². The van der Waals surface area contributed by atoms with Crippen molar-refractivity contribution in [1.29, 1.82) is 0 Å². The molecule has 0 aromatic rings. The fourth-order valence-electron chi connectivity index (χ4n) is 1.97. The lowest BCUT2D eigenvalue weighted by atomic mass is 9.99. The summed E-state index contributed by atoms with van der Waals surface area (Å²) in [6, 6.07) is -0.934. The molecule has 0 heterocycles. The van der Waals surface area contributed by atoms with Gasteiger partial charge in [0.2, 0.25) is 11.8 Å². The van der Waals surface area contributed by atoms with Crippen LogP contribution >= 0.6 is 12.6 Å². The zero-order valence-corrected chi connectivity index (χ0v) is 15.1. The van der Waals surface area contributed by atoms with Gasteiger partial charge >= 0.3 is 11.9 Å². The molecule has 0 saturated carbocycles. The van der Waals surface area contributed by atoms with Crippen molar-refractivity contribution in [2.24, 2.45) is 5.92 Å². The molecule has 0 aromatic carbocycles. The fourth-order valence-corrected chi connectivity index (χ4v) is 2.26. The van der Waals surface area contributed by atoms with Crippen LogP contribution in [0.2, 0.25) is 0 Å². The monoisotopic (exact) mass is 376 g/mol. The smallest absolute Gasteiger partial charge is 0.328 e. The second-order valence-corrected chi connectivity index (χ2v) is 5.64. The molecule has 9 nitrogen and oxygen atoms in total. The number of ether oxygens (including phenoxy) is 1. The van der Waals surface area contributed by atoms with E-state index in [-0.39, 0.29) is 37.4 Å². The van der Waals surface area contributed by atoms with Crippen LogP contribution in [0.1, 0.15) is 33.1 Å². The standard InChI is InChI=1S/C15H24N2O7S/c1-3-24-15(23)12(17-9(2)18)5-4-11(19)6-10(8-25)14(22)16-7-13(20)21/h10,12,25H,3-8H2,1-2H3,(H,16,22)(H,17,18)(H,20,21)/t10-,12+/m0/s1. The van der Waals surface area contributed by atoms with Gasteiger partial charge in [-0.15, -0.1) is 0 Å². The Morgan fingerprint density at radius 3 is 2.32 bits per heavy atom. The van der Waals surface area contributed by atoms with Crippen LogP contribution in [-0.4, -0.2) is 59.6 Å². The summed E-state index contributed by atoms with van der Waals surface area (Å²) in [7, 11) is 0. The number of hydrogen-bond acceptors (Lipinski definition) is 7. The van der Waals surface area contributed by atoms with E-state index in [4.69, 9.17) is 9.84 Å². The quantitative estimate of drug-likeness (QED) is 0.267. The molecule has 10 heteroatoms. The van der Waals surface area contributed by atoms with E-state index in [1.165, 1.54) is 6.92 Å². The average Bonchev–Trinajstić information content (AvgIpc) is 2.53. The number of hydrogen-bond donors (Lipinski definition) is 4. The van der Waals surface area contributed by atoms with E-state index in [0.29, 0.717) is 0 Å². The van der Waals surface area contributed by atoms with Gasteiger partial charge in [-0.2, -0.15) is 12.6 Å². The predicted octanol–water partition coefficient (Wildman–Crippen LogP) is -0.460. The van der Waals surface area contributed by atoms with Crippen molar-refractivity contribution in [2.75, 3.05) is 18.9 Å². The summed E-state index contributed by atoms with van der Waals surface area (Å²) in [6.45, 7) is 2.48. The molecule has 0 rings (SSSR count). The summed E-state index contributed by atoms with van der Waals surface area (Å²) < 4.78 is 4.84. The van der Waals surface area contributed by atoms with Crippen molar-refractivity contribution in [3.63, 3.8) is 0 Å². The van der Waals surface area contributed by atoms with Gasteiger partial charge in [0.25, 0.3) is 0 Å². The highest BCUT2D eigenvalue weighted by molar-refractivity contribution is 7.80. The maximum Gasteiger partial charge on any atom is 0.328 e. The number of thiol groups is 1. The van der Waals surface area contributed by atoms with Gasteiger partial charge in [0, 0.05) is 25.5 Å². The van der Waals surface area contributed by atoms with Crippen LogP contribution in [-0.2, 0) is 28.7 Å². The highest BCUT2D eigenvalue weighted by Gasteiger charge is 2.24. The highest BCUT2D eigenvalue weighted by atomic mass is 32.1. The Bertz CT molecular complexity index is 510. The normalized spacial score (nSPS) is 12.6. The van der Waals surface area contributed by atoms with Crippen molar-refractivity contribution < 1.29 is 33.8 Å². The number of esters is 1. The van der Waals surface area contributed by atoms with Gasteiger partial charge in [0.15, 0.2) is 0 Å². The van der Waals surface area contributed by atoms with E-state index in [2.05, 4.69) is 23.3 Å². The molecule has 0 bridgehead atoms. The summed E-state index contributed by atoms with van der Waals surface area (Å²) in [5, 5.41) is 13.1. The first-order valence-electron chi connectivity index (χ1n) is 7.77. The summed E-state index contributed by atoms with van der Waals surface area (Å²) in [5.41, 5.74) is 0. The largest absolute Gasteiger partial charge is 0.480 e. The number of aliphatic carboxylic acids is 1. The molecule has 2 atom stereocenters. The first-order chi connectivity index (χ1) is 11.7. The Balaban J connectivity index is 4.56. The third kappa shape index (κ3) is 10.4. The molecule has 3 N–H and O–H groups in total. The second kappa shape index (κ2) is 12.3. The van der Waals surface area contributed by atoms with Gasteiger partial charge in [-0.25, -0.2) is 4.79 Å². The highest BCUT2D eigenvalue weighted by Crippen LogP contribution is 2.11. The lowest BCUT2D eigenvalue weighted by molar-refractivity contribution is -0.147. The van der Waals surface area contributed by atoms with Gasteiger partial charge in [-0.3, -0.25) is 19.2 Å².